The molecule has 7 heteroatoms. The number of rotatable bonds is 7. The highest BCUT2D eigenvalue weighted by Gasteiger charge is 2.38. The van der Waals surface area contributed by atoms with Crippen molar-refractivity contribution in [1.82, 2.24) is 10.2 Å². The van der Waals surface area contributed by atoms with Crippen LogP contribution in [0.25, 0.3) is 0 Å². The average molecular weight is 444 g/mol. The lowest BCUT2D eigenvalue weighted by Crippen LogP contribution is -2.54. The summed E-state index contributed by atoms with van der Waals surface area (Å²) in [6.07, 6.45) is 8.18. The van der Waals surface area contributed by atoms with Crippen molar-refractivity contribution in [1.29, 1.82) is 0 Å². The molecule has 0 spiro atoms. The summed E-state index contributed by atoms with van der Waals surface area (Å²) in [4.78, 5) is 33.4. The molecule has 2 atom stereocenters. The van der Waals surface area contributed by atoms with Gasteiger partial charge in [0.2, 0.25) is 5.91 Å². The molecule has 1 aliphatic carbocycles. The Morgan fingerprint density at radius 3 is 2.53 bits per heavy atom. The van der Waals surface area contributed by atoms with Crippen molar-refractivity contribution >= 4 is 18.2 Å². The van der Waals surface area contributed by atoms with Gasteiger partial charge in [-0.1, -0.05) is 54.8 Å². The molecule has 0 bridgehead atoms. The third-order valence-corrected chi connectivity index (χ3v) is 6.02. The molecule has 0 aromatic heterocycles. The second kappa shape index (κ2) is 11.3. The zero-order valence-corrected chi connectivity index (χ0v) is 19.6. The molecule has 1 N–H and O–H groups in total. The maximum Gasteiger partial charge on any atom is 0.408 e. The van der Waals surface area contributed by atoms with Crippen molar-refractivity contribution in [2.75, 3.05) is 6.54 Å². The van der Waals surface area contributed by atoms with E-state index in [1.54, 1.807) is 6.21 Å². The number of nitrogens with zero attached hydrogens (tertiary/aromatic N) is 2. The second-order valence-corrected chi connectivity index (χ2v) is 9.78. The van der Waals surface area contributed by atoms with Gasteiger partial charge in [0.25, 0.3) is 0 Å². The summed E-state index contributed by atoms with van der Waals surface area (Å²) in [7, 11) is 0. The molecule has 1 aromatic rings. The van der Waals surface area contributed by atoms with Crippen molar-refractivity contribution < 1.29 is 19.2 Å². The van der Waals surface area contributed by atoms with E-state index in [0.717, 1.165) is 44.1 Å². The van der Waals surface area contributed by atoms with Crippen molar-refractivity contribution in [3.05, 3.63) is 35.9 Å². The molecule has 1 aromatic carbocycles. The van der Waals surface area contributed by atoms with Crippen LogP contribution in [0.2, 0.25) is 0 Å². The van der Waals surface area contributed by atoms with Crippen LogP contribution in [0.4, 0.5) is 4.79 Å². The van der Waals surface area contributed by atoms with Crippen LogP contribution in [0.3, 0.4) is 0 Å². The van der Waals surface area contributed by atoms with Crippen molar-refractivity contribution in [3.8, 4) is 0 Å². The van der Waals surface area contributed by atoms with Gasteiger partial charge in [0, 0.05) is 6.54 Å². The molecule has 3 rings (SSSR count). The van der Waals surface area contributed by atoms with Gasteiger partial charge in [0.15, 0.2) is 0 Å². The SMILES string of the molecule is CC(C)(C)OC(=O)N[C@H](C(=O)N1CCCC1C=NOCc1ccccc1)C1CCCCC1. The number of ether oxygens (including phenoxy) is 1. The summed E-state index contributed by atoms with van der Waals surface area (Å²) in [5.74, 6) is 0.0936. The Bertz CT molecular complexity index is 769. The van der Waals surface area contributed by atoms with Gasteiger partial charge in [-0.2, -0.15) is 0 Å². The average Bonchev–Trinajstić information content (AvgIpc) is 3.23. The standard InChI is InChI=1S/C25H37N3O4/c1-25(2,3)32-24(30)27-22(20-13-8-5-9-14-20)23(29)28-16-10-15-21(28)17-26-31-18-19-11-6-4-7-12-19/h4,6-7,11-12,17,20-22H,5,8-10,13-16,18H2,1-3H3,(H,27,30)/t21?,22-/m0/s1. The molecule has 2 amide bonds. The van der Waals surface area contributed by atoms with Gasteiger partial charge < -0.3 is 19.8 Å². The van der Waals surface area contributed by atoms with Gasteiger partial charge in [-0.25, -0.2) is 4.79 Å². The molecule has 1 saturated carbocycles. The Morgan fingerprint density at radius 1 is 1.12 bits per heavy atom. The maximum absolute atomic E-state index is 13.6. The minimum absolute atomic E-state index is 0.0419. The summed E-state index contributed by atoms with van der Waals surface area (Å²) >= 11 is 0. The van der Waals surface area contributed by atoms with Gasteiger partial charge in [-0.05, 0) is 57.9 Å². The van der Waals surface area contributed by atoms with E-state index in [0.29, 0.717) is 13.2 Å². The number of likely N-dealkylation sites (tertiary alicyclic amines) is 1. The number of benzene rings is 1. The monoisotopic (exact) mass is 443 g/mol. The van der Waals surface area contributed by atoms with E-state index in [2.05, 4.69) is 10.5 Å². The van der Waals surface area contributed by atoms with Crippen LogP contribution in [0.1, 0.15) is 71.3 Å². The summed E-state index contributed by atoms with van der Waals surface area (Å²) < 4.78 is 5.45. The molecule has 7 nitrogen and oxygen atoms in total. The lowest BCUT2D eigenvalue weighted by atomic mass is 9.83. The van der Waals surface area contributed by atoms with Crippen LogP contribution in [0.15, 0.2) is 35.5 Å². The van der Waals surface area contributed by atoms with Crippen LogP contribution in [0.5, 0.6) is 0 Å². The number of hydrogen-bond donors (Lipinski definition) is 1. The minimum Gasteiger partial charge on any atom is -0.444 e. The molecule has 1 unspecified atom stereocenters. The van der Waals surface area contributed by atoms with E-state index in [9.17, 15) is 9.59 Å². The number of amides is 2. The van der Waals surface area contributed by atoms with Crippen molar-refractivity contribution in [3.63, 3.8) is 0 Å². The molecule has 0 radical (unpaired) electrons. The first-order chi connectivity index (χ1) is 15.3. The van der Waals surface area contributed by atoms with Gasteiger partial charge >= 0.3 is 6.09 Å². The Morgan fingerprint density at radius 2 is 1.84 bits per heavy atom. The van der Waals surface area contributed by atoms with Crippen LogP contribution in [0, 0.1) is 5.92 Å². The number of carbonyl (C=O) groups excluding carboxylic acids is 2. The Kier molecular flexibility index (Phi) is 8.53. The summed E-state index contributed by atoms with van der Waals surface area (Å²) in [5, 5.41) is 7.03. The van der Waals surface area contributed by atoms with Gasteiger partial charge in [0.05, 0.1) is 12.3 Å². The first-order valence-electron chi connectivity index (χ1n) is 11.8. The second-order valence-electron chi connectivity index (χ2n) is 9.78. The lowest BCUT2D eigenvalue weighted by Gasteiger charge is -2.34. The lowest BCUT2D eigenvalue weighted by molar-refractivity contribution is -0.135. The number of nitrogens with one attached hydrogen (secondary N) is 1. The van der Waals surface area contributed by atoms with Crippen LogP contribution in [-0.4, -0.2) is 47.3 Å². The topological polar surface area (TPSA) is 80.2 Å². The molecule has 2 aliphatic rings. The van der Waals surface area contributed by atoms with Crippen LogP contribution >= 0.6 is 0 Å². The fourth-order valence-corrected chi connectivity index (χ4v) is 4.48. The molecule has 1 saturated heterocycles. The molecule has 2 fully saturated rings. The first-order valence-corrected chi connectivity index (χ1v) is 11.8. The largest absolute Gasteiger partial charge is 0.444 e. The summed E-state index contributed by atoms with van der Waals surface area (Å²) in [6, 6.07) is 9.17. The third-order valence-electron chi connectivity index (χ3n) is 6.02. The van der Waals surface area contributed by atoms with Crippen LogP contribution in [-0.2, 0) is 21.0 Å². The first kappa shape index (κ1) is 24.1. The highest BCUT2D eigenvalue weighted by Crippen LogP contribution is 2.29. The number of alkyl carbamates (subject to hydrolysis) is 1. The van der Waals surface area contributed by atoms with E-state index in [1.807, 2.05) is 56.0 Å². The molecule has 1 heterocycles. The predicted molar refractivity (Wildman–Crippen MR) is 124 cm³/mol. The van der Waals surface area contributed by atoms with Crippen molar-refractivity contribution in [2.45, 2.75) is 90.0 Å². The van der Waals surface area contributed by atoms with E-state index >= 15 is 0 Å². The van der Waals surface area contributed by atoms with E-state index in [-0.39, 0.29) is 17.9 Å². The van der Waals surface area contributed by atoms with E-state index < -0.39 is 17.7 Å². The van der Waals surface area contributed by atoms with Gasteiger partial charge in [-0.15, -0.1) is 0 Å². The number of hydrogen-bond acceptors (Lipinski definition) is 5. The summed E-state index contributed by atoms with van der Waals surface area (Å²) in [5.41, 5.74) is 0.436. The summed E-state index contributed by atoms with van der Waals surface area (Å²) in [6.45, 7) is 6.53. The highest BCUT2D eigenvalue weighted by molar-refractivity contribution is 5.88. The van der Waals surface area contributed by atoms with E-state index in [1.165, 1.54) is 6.42 Å². The van der Waals surface area contributed by atoms with Gasteiger partial charge in [0.1, 0.15) is 18.2 Å². The Hall–Kier alpha value is -2.57. The predicted octanol–water partition coefficient (Wildman–Crippen LogP) is 4.65. The fourth-order valence-electron chi connectivity index (χ4n) is 4.48. The zero-order chi connectivity index (χ0) is 23.0. The quantitative estimate of drug-likeness (QED) is 0.491. The maximum atomic E-state index is 13.6. The van der Waals surface area contributed by atoms with E-state index in [4.69, 9.17) is 9.57 Å². The zero-order valence-electron chi connectivity index (χ0n) is 19.6. The molecule has 32 heavy (non-hydrogen) atoms. The normalized spacial score (nSPS) is 20.8. The van der Waals surface area contributed by atoms with Crippen LogP contribution < -0.4 is 5.32 Å². The number of oxime groups is 1. The molecular formula is C25H37N3O4. The molecule has 1 aliphatic heterocycles. The molecule has 176 valence electrons. The smallest absolute Gasteiger partial charge is 0.408 e. The Balaban J connectivity index is 1.63. The Labute approximate surface area is 191 Å². The van der Waals surface area contributed by atoms with Gasteiger partial charge in [-0.3, -0.25) is 4.79 Å². The number of carbonyl (C=O) groups is 2. The highest BCUT2D eigenvalue weighted by atomic mass is 16.6. The molecular weight excluding hydrogens is 406 g/mol. The third kappa shape index (κ3) is 7.24. The minimum atomic E-state index is -0.608. The fraction of sp³-hybridized carbons (Fsp3) is 0.640. The van der Waals surface area contributed by atoms with Crippen molar-refractivity contribution in [2.24, 2.45) is 11.1 Å².